The Bertz CT molecular complexity index is 929. The lowest BCUT2D eigenvalue weighted by molar-refractivity contribution is -0.134. The largest absolute Gasteiger partial charge is 0.340 e. The van der Waals surface area contributed by atoms with Gasteiger partial charge in [-0.05, 0) is 67.2 Å². The van der Waals surface area contributed by atoms with Crippen molar-refractivity contribution in [3.05, 3.63) is 47.3 Å². The quantitative estimate of drug-likeness (QED) is 0.590. The molecule has 178 valence electrons. The number of rotatable bonds is 7. The van der Waals surface area contributed by atoms with E-state index < -0.39 is 0 Å². The Morgan fingerprint density at radius 2 is 1.79 bits per heavy atom. The molecule has 5 aliphatic rings. The molecule has 3 fully saturated rings. The van der Waals surface area contributed by atoms with E-state index in [-0.39, 0.29) is 17.6 Å². The molecule has 2 saturated carbocycles. The molecule has 1 saturated heterocycles. The number of nitrogens with zero attached hydrogens (tertiary/aromatic N) is 3. The average Bonchev–Trinajstić information content (AvgIpc) is 3.67. The van der Waals surface area contributed by atoms with Gasteiger partial charge in [0.1, 0.15) is 5.82 Å². The van der Waals surface area contributed by atoms with Gasteiger partial charge in [0.15, 0.2) is 0 Å². The van der Waals surface area contributed by atoms with Crippen molar-refractivity contribution in [1.82, 2.24) is 14.7 Å². The zero-order chi connectivity index (χ0) is 23.2. The number of amides is 2. The SMILES string of the molecule is CC1(C)C2CC=C(CN(CCN3CCN(C(=O)C4CC4)CC3)C(=O)c3ccc(F)cc3)C1C2. The maximum Gasteiger partial charge on any atom is 0.254 e. The summed E-state index contributed by atoms with van der Waals surface area (Å²) in [7, 11) is 0. The molecule has 2 amide bonds. The molecule has 5 nitrogen and oxygen atoms in total. The van der Waals surface area contributed by atoms with Crippen molar-refractivity contribution in [2.24, 2.45) is 23.2 Å². The Kier molecular flexibility index (Phi) is 6.06. The van der Waals surface area contributed by atoms with Crippen molar-refractivity contribution in [3.8, 4) is 0 Å². The zero-order valence-electron chi connectivity index (χ0n) is 19.9. The minimum absolute atomic E-state index is 0.0299. The van der Waals surface area contributed by atoms with Gasteiger partial charge in [-0.1, -0.05) is 25.5 Å². The predicted molar refractivity (Wildman–Crippen MR) is 126 cm³/mol. The molecule has 0 spiro atoms. The summed E-state index contributed by atoms with van der Waals surface area (Å²) < 4.78 is 13.4. The van der Waals surface area contributed by atoms with Crippen LogP contribution in [0.2, 0.25) is 0 Å². The summed E-state index contributed by atoms with van der Waals surface area (Å²) in [4.78, 5) is 32.1. The van der Waals surface area contributed by atoms with Gasteiger partial charge in [-0.2, -0.15) is 0 Å². The van der Waals surface area contributed by atoms with Crippen molar-refractivity contribution in [1.29, 1.82) is 0 Å². The lowest BCUT2D eigenvalue weighted by atomic mass is 9.49. The number of fused-ring (bicyclic) bond motifs is 1. The summed E-state index contributed by atoms with van der Waals surface area (Å²) in [5.74, 6) is 1.57. The number of piperazine rings is 1. The van der Waals surface area contributed by atoms with Crippen LogP contribution in [0.4, 0.5) is 4.39 Å². The van der Waals surface area contributed by atoms with E-state index in [1.54, 1.807) is 12.1 Å². The fraction of sp³-hybridized carbons (Fsp3) is 0.630. The molecular formula is C27H36FN3O2. The molecule has 0 aromatic heterocycles. The van der Waals surface area contributed by atoms with Crippen LogP contribution in [0.15, 0.2) is 35.9 Å². The van der Waals surface area contributed by atoms with Crippen LogP contribution in [0.5, 0.6) is 0 Å². The minimum Gasteiger partial charge on any atom is -0.340 e. The van der Waals surface area contributed by atoms with Crippen LogP contribution in [0, 0.1) is 29.0 Å². The van der Waals surface area contributed by atoms with Crippen LogP contribution >= 0.6 is 0 Å². The third-order valence-electron chi connectivity index (χ3n) is 8.63. The Labute approximate surface area is 196 Å². The molecule has 1 aromatic carbocycles. The molecule has 1 heterocycles. The number of halogens is 1. The standard InChI is InChI=1S/C27H36FN3O2/c1-27(2)22-8-5-21(24(27)17-22)18-31(26(33)20-6-9-23(28)10-7-20)16-13-29-11-14-30(15-12-29)25(32)19-3-4-19/h5-7,9-10,19,22,24H,3-4,8,11-18H2,1-2H3. The van der Waals surface area contributed by atoms with Crippen molar-refractivity contribution < 1.29 is 14.0 Å². The lowest BCUT2D eigenvalue weighted by Crippen LogP contribution is -2.52. The second-order valence-electron chi connectivity index (χ2n) is 11.0. The smallest absolute Gasteiger partial charge is 0.254 e. The number of benzene rings is 1. The van der Waals surface area contributed by atoms with E-state index in [4.69, 9.17) is 0 Å². The lowest BCUT2D eigenvalue weighted by Gasteiger charge is -2.57. The molecule has 6 rings (SSSR count). The third-order valence-corrected chi connectivity index (χ3v) is 8.63. The summed E-state index contributed by atoms with van der Waals surface area (Å²) in [6, 6.07) is 5.90. The van der Waals surface area contributed by atoms with Gasteiger partial charge >= 0.3 is 0 Å². The fourth-order valence-electron chi connectivity index (χ4n) is 5.95. The topological polar surface area (TPSA) is 43.9 Å². The van der Waals surface area contributed by atoms with E-state index in [0.717, 1.165) is 57.9 Å². The molecule has 0 N–H and O–H groups in total. The van der Waals surface area contributed by atoms with Gasteiger partial charge in [0.2, 0.25) is 5.91 Å². The predicted octanol–water partition coefficient (Wildman–Crippen LogP) is 3.81. The van der Waals surface area contributed by atoms with Gasteiger partial charge < -0.3 is 9.80 Å². The van der Waals surface area contributed by atoms with Gasteiger partial charge in [0, 0.05) is 57.3 Å². The van der Waals surface area contributed by atoms with E-state index in [0.29, 0.717) is 35.9 Å². The number of hydrogen-bond donors (Lipinski definition) is 0. The maximum atomic E-state index is 13.4. The van der Waals surface area contributed by atoms with Gasteiger partial charge in [0.25, 0.3) is 5.91 Å². The summed E-state index contributed by atoms with van der Waals surface area (Å²) in [6.45, 7) is 10.1. The van der Waals surface area contributed by atoms with Crippen molar-refractivity contribution in [2.45, 2.75) is 39.5 Å². The van der Waals surface area contributed by atoms with Crippen LogP contribution in [-0.2, 0) is 4.79 Å². The summed E-state index contributed by atoms with van der Waals surface area (Å²) in [5.41, 5.74) is 2.25. The van der Waals surface area contributed by atoms with Crippen molar-refractivity contribution in [2.75, 3.05) is 45.8 Å². The zero-order valence-corrected chi connectivity index (χ0v) is 19.9. The third kappa shape index (κ3) is 4.59. The highest BCUT2D eigenvalue weighted by atomic mass is 19.1. The fourth-order valence-corrected chi connectivity index (χ4v) is 5.95. The Balaban J connectivity index is 1.23. The van der Waals surface area contributed by atoms with E-state index in [9.17, 15) is 14.0 Å². The number of carbonyl (C=O) groups excluding carboxylic acids is 2. The monoisotopic (exact) mass is 453 g/mol. The molecule has 6 heteroatoms. The first-order chi connectivity index (χ1) is 15.8. The van der Waals surface area contributed by atoms with Crippen LogP contribution < -0.4 is 0 Å². The van der Waals surface area contributed by atoms with E-state index in [1.165, 1.54) is 24.1 Å². The van der Waals surface area contributed by atoms with Gasteiger partial charge in [-0.15, -0.1) is 0 Å². The average molecular weight is 454 g/mol. The van der Waals surface area contributed by atoms with Crippen LogP contribution in [-0.4, -0.2) is 72.3 Å². The molecule has 2 atom stereocenters. The second-order valence-corrected chi connectivity index (χ2v) is 11.0. The molecule has 33 heavy (non-hydrogen) atoms. The molecule has 2 bridgehead atoms. The molecular weight excluding hydrogens is 417 g/mol. The highest BCUT2D eigenvalue weighted by Crippen LogP contribution is 2.59. The van der Waals surface area contributed by atoms with E-state index >= 15 is 0 Å². The number of allylic oxidation sites excluding steroid dienone is 1. The van der Waals surface area contributed by atoms with Crippen LogP contribution in [0.25, 0.3) is 0 Å². The van der Waals surface area contributed by atoms with Gasteiger partial charge in [0.05, 0.1) is 0 Å². The van der Waals surface area contributed by atoms with Crippen LogP contribution in [0.3, 0.4) is 0 Å². The Hall–Kier alpha value is -2.21. The van der Waals surface area contributed by atoms with Crippen molar-refractivity contribution in [3.63, 3.8) is 0 Å². The summed E-state index contributed by atoms with van der Waals surface area (Å²) in [5, 5.41) is 0. The number of carbonyl (C=O) groups is 2. The van der Waals surface area contributed by atoms with E-state index in [2.05, 4.69) is 24.8 Å². The summed E-state index contributed by atoms with van der Waals surface area (Å²) >= 11 is 0. The second kappa shape index (κ2) is 8.86. The first kappa shape index (κ1) is 22.6. The van der Waals surface area contributed by atoms with Gasteiger partial charge in [-0.25, -0.2) is 4.39 Å². The molecule has 0 radical (unpaired) electrons. The Morgan fingerprint density at radius 1 is 1.09 bits per heavy atom. The van der Waals surface area contributed by atoms with Gasteiger partial charge in [-0.3, -0.25) is 14.5 Å². The first-order valence-corrected chi connectivity index (χ1v) is 12.6. The Morgan fingerprint density at radius 3 is 2.39 bits per heavy atom. The van der Waals surface area contributed by atoms with Crippen LogP contribution in [0.1, 0.15) is 49.9 Å². The normalized spacial score (nSPS) is 26.4. The first-order valence-electron chi connectivity index (χ1n) is 12.6. The summed E-state index contributed by atoms with van der Waals surface area (Å²) in [6.07, 6.45) is 6.79. The van der Waals surface area contributed by atoms with Crippen molar-refractivity contribution >= 4 is 11.8 Å². The highest BCUT2D eigenvalue weighted by Gasteiger charge is 2.51. The molecule has 4 aliphatic carbocycles. The molecule has 1 aromatic rings. The molecule has 2 unspecified atom stereocenters. The van der Waals surface area contributed by atoms with E-state index in [1.807, 2.05) is 9.80 Å². The molecule has 1 aliphatic heterocycles. The minimum atomic E-state index is -0.325. The maximum absolute atomic E-state index is 13.4. The number of hydrogen-bond acceptors (Lipinski definition) is 3. The highest BCUT2D eigenvalue weighted by molar-refractivity contribution is 5.94.